The molecule has 3 aliphatic carbocycles. The molecular weight excluding hydrogens is 316 g/mol. The highest BCUT2D eigenvalue weighted by molar-refractivity contribution is 5.74. The van der Waals surface area contributed by atoms with Crippen molar-refractivity contribution in [1.82, 2.24) is 20.4 Å². The molecule has 4 rings (SSSR count). The van der Waals surface area contributed by atoms with E-state index in [4.69, 9.17) is 4.52 Å². The van der Waals surface area contributed by atoms with E-state index in [2.05, 4.69) is 15.5 Å². The van der Waals surface area contributed by atoms with Crippen LogP contribution in [0.4, 0.5) is 4.79 Å². The van der Waals surface area contributed by atoms with Crippen molar-refractivity contribution >= 4 is 6.03 Å². The van der Waals surface area contributed by atoms with Crippen LogP contribution in [0.25, 0.3) is 0 Å². The van der Waals surface area contributed by atoms with E-state index in [0.29, 0.717) is 23.6 Å². The highest BCUT2D eigenvalue weighted by Gasteiger charge is 2.32. The second-order valence-corrected chi connectivity index (χ2v) is 8.29. The molecule has 138 valence electrons. The SMILES string of the molecule is CC(NC(=O)N(CC1CC1)CC1CC1)c1nc(C2CCCCC2)no1. The maximum absolute atomic E-state index is 12.7. The molecule has 25 heavy (non-hydrogen) atoms. The minimum atomic E-state index is -0.238. The van der Waals surface area contributed by atoms with Gasteiger partial charge in [0.05, 0.1) is 0 Å². The summed E-state index contributed by atoms with van der Waals surface area (Å²) in [6.45, 7) is 3.72. The van der Waals surface area contributed by atoms with Crippen LogP contribution in [0.2, 0.25) is 0 Å². The standard InChI is InChI=1S/C19H30N4O2/c1-13(18-21-17(22-25-18)16-5-3-2-4-6-16)20-19(24)23(11-14-7-8-14)12-15-9-10-15/h13-16H,2-12H2,1H3,(H,20,24). The number of hydrogen-bond donors (Lipinski definition) is 1. The lowest BCUT2D eigenvalue weighted by atomic mass is 9.89. The lowest BCUT2D eigenvalue weighted by Crippen LogP contribution is -2.43. The van der Waals surface area contributed by atoms with Gasteiger partial charge < -0.3 is 14.7 Å². The molecule has 6 nitrogen and oxygen atoms in total. The molecule has 0 spiro atoms. The van der Waals surface area contributed by atoms with Crippen molar-refractivity contribution in [3.8, 4) is 0 Å². The third-order valence-electron chi connectivity index (χ3n) is 5.78. The molecule has 1 heterocycles. The molecule has 1 N–H and O–H groups in total. The number of carbonyl (C=O) groups excluding carboxylic acids is 1. The molecule has 3 saturated carbocycles. The van der Waals surface area contributed by atoms with E-state index in [1.165, 1.54) is 44.9 Å². The fourth-order valence-electron chi connectivity index (χ4n) is 3.75. The second kappa shape index (κ2) is 7.34. The first-order valence-electron chi connectivity index (χ1n) is 10.1. The predicted octanol–water partition coefficient (Wildman–Crippen LogP) is 4.01. The number of aromatic nitrogens is 2. The fraction of sp³-hybridized carbons (Fsp3) is 0.842. The van der Waals surface area contributed by atoms with Gasteiger partial charge in [-0.3, -0.25) is 0 Å². The van der Waals surface area contributed by atoms with Gasteiger partial charge in [-0.1, -0.05) is 24.4 Å². The Morgan fingerprint density at radius 3 is 2.36 bits per heavy atom. The van der Waals surface area contributed by atoms with Crippen molar-refractivity contribution in [2.45, 2.75) is 76.7 Å². The molecule has 1 atom stereocenters. The average molecular weight is 346 g/mol. The summed E-state index contributed by atoms with van der Waals surface area (Å²) in [5, 5.41) is 7.25. The summed E-state index contributed by atoms with van der Waals surface area (Å²) in [4.78, 5) is 19.3. The van der Waals surface area contributed by atoms with Gasteiger partial charge in [-0.25, -0.2) is 4.79 Å². The van der Waals surface area contributed by atoms with Gasteiger partial charge >= 0.3 is 6.03 Å². The Morgan fingerprint density at radius 2 is 1.76 bits per heavy atom. The molecule has 3 fully saturated rings. The summed E-state index contributed by atoms with van der Waals surface area (Å²) in [6.07, 6.45) is 11.2. The third kappa shape index (κ3) is 4.53. The topological polar surface area (TPSA) is 71.3 Å². The normalized spacial score (nSPS) is 22.6. The van der Waals surface area contributed by atoms with Crippen molar-refractivity contribution in [2.75, 3.05) is 13.1 Å². The van der Waals surface area contributed by atoms with Crippen LogP contribution in [0.1, 0.15) is 88.4 Å². The van der Waals surface area contributed by atoms with Crippen molar-refractivity contribution in [1.29, 1.82) is 0 Å². The van der Waals surface area contributed by atoms with Crippen LogP contribution in [0, 0.1) is 11.8 Å². The number of amides is 2. The van der Waals surface area contributed by atoms with Gasteiger partial charge in [0, 0.05) is 19.0 Å². The minimum absolute atomic E-state index is 0.0173. The second-order valence-electron chi connectivity index (χ2n) is 8.29. The molecule has 3 aliphatic rings. The van der Waals surface area contributed by atoms with Crippen molar-refractivity contribution in [2.24, 2.45) is 11.8 Å². The third-order valence-corrected chi connectivity index (χ3v) is 5.78. The summed E-state index contributed by atoms with van der Waals surface area (Å²) in [7, 11) is 0. The molecular formula is C19H30N4O2. The van der Waals surface area contributed by atoms with E-state index in [-0.39, 0.29) is 12.1 Å². The van der Waals surface area contributed by atoms with Gasteiger partial charge in [0.15, 0.2) is 5.82 Å². The molecule has 0 bridgehead atoms. The number of rotatable bonds is 7. The number of carbonyl (C=O) groups is 1. The van der Waals surface area contributed by atoms with Crippen LogP contribution in [0.15, 0.2) is 4.52 Å². The minimum Gasteiger partial charge on any atom is -0.337 e. The van der Waals surface area contributed by atoms with Crippen LogP contribution in [-0.2, 0) is 0 Å². The largest absolute Gasteiger partial charge is 0.337 e. The zero-order valence-corrected chi connectivity index (χ0v) is 15.2. The molecule has 0 saturated heterocycles. The van der Waals surface area contributed by atoms with E-state index in [0.717, 1.165) is 31.8 Å². The Hall–Kier alpha value is -1.59. The molecule has 0 aliphatic heterocycles. The molecule has 1 unspecified atom stereocenters. The maximum atomic E-state index is 12.7. The van der Waals surface area contributed by atoms with Crippen LogP contribution >= 0.6 is 0 Å². The highest BCUT2D eigenvalue weighted by Crippen LogP contribution is 2.34. The van der Waals surface area contributed by atoms with Crippen LogP contribution in [0.3, 0.4) is 0 Å². The summed E-state index contributed by atoms with van der Waals surface area (Å²) in [6, 6.07) is -0.220. The Morgan fingerprint density at radius 1 is 1.12 bits per heavy atom. The van der Waals surface area contributed by atoms with Gasteiger partial charge in [-0.05, 0) is 57.3 Å². The van der Waals surface area contributed by atoms with Gasteiger partial charge in [0.2, 0.25) is 5.89 Å². The van der Waals surface area contributed by atoms with E-state index in [9.17, 15) is 4.79 Å². The van der Waals surface area contributed by atoms with Crippen molar-refractivity contribution < 1.29 is 9.32 Å². The molecule has 0 radical (unpaired) electrons. The average Bonchev–Trinajstić information content (AvgIpc) is 3.55. The first kappa shape index (κ1) is 16.9. The Kier molecular flexibility index (Phi) is 4.95. The van der Waals surface area contributed by atoms with E-state index < -0.39 is 0 Å². The van der Waals surface area contributed by atoms with Crippen LogP contribution in [-0.4, -0.2) is 34.2 Å². The first-order valence-corrected chi connectivity index (χ1v) is 10.1. The number of hydrogen-bond acceptors (Lipinski definition) is 4. The zero-order chi connectivity index (χ0) is 17.2. The molecule has 1 aromatic heterocycles. The van der Waals surface area contributed by atoms with Gasteiger partial charge in [-0.2, -0.15) is 4.98 Å². The van der Waals surface area contributed by atoms with Crippen LogP contribution in [0.5, 0.6) is 0 Å². The number of urea groups is 1. The fourth-order valence-corrected chi connectivity index (χ4v) is 3.75. The summed E-state index contributed by atoms with van der Waals surface area (Å²) < 4.78 is 5.45. The quantitative estimate of drug-likeness (QED) is 0.810. The smallest absolute Gasteiger partial charge is 0.318 e. The first-order chi connectivity index (χ1) is 12.2. The summed E-state index contributed by atoms with van der Waals surface area (Å²) in [5.41, 5.74) is 0. The monoisotopic (exact) mass is 346 g/mol. The lowest BCUT2D eigenvalue weighted by molar-refractivity contribution is 0.186. The Bertz CT molecular complexity index is 574. The Balaban J connectivity index is 1.34. The molecule has 2 amide bonds. The van der Waals surface area contributed by atoms with Crippen molar-refractivity contribution in [3.63, 3.8) is 0 Å². The Labute approximate surface area is 149 Å². The molecule has 6 heteroatoms. The maximum Gasteiger partial charge on any atom is 0.318 e. The predicted molar refractivity (Wildman–Crippen MR) is 94.1 cm³/mol. The van der Waals surface area contributed by atoms with E-state index in [1.807, 2.05) is 11.8 Å². The van der Waals surface area contributed by atoms with Gasteiger partial charge in [-0.15, -0.1) is 0 Å². The van der Waals surface area contributed by atoms with E-state index >= 15 is 0 Å². The summed E-state index contributed by atoms with van der Waals surface area (Å²) in [5.74, 6) is 3.20. The highest BCUT2D eigenvalue weighted by atomic mass is 16.5. The van der Waals surface area contributed by atoms with Gasteiger partial charge in [0.25, 0.3) is 0 Å². The van der Waals surface area contributed by atoms with E-state index in [1.54, 1.807) is 0 Å². The number of nitrogens with zero attached hydrogens (tertiary/aromatic N) is 3. The molecule has 0 aromatic carbocycles. The van der Waals surface area contributed by atoms with Gasteiger partial charge in [0.1, 0.15) is 6.04 Å². The zero-order valence-electron chi connectivity index (χ0n) is 15.2. The van der Waals surface area contributed by atoms with Crippen LogP contribution < -0.4 is 5.32 Å². The number of nitrogens with one attached hydrogen (secondary N) is 1. The molecule has 1 aromatic rings. The van der Waals surface area contributed by atoms with Crippen molar-refractivity contribution in [3.05, 3.63) is 11.7 Å². The summed E-state index contributed by atoms with van der Waals surface area (Å²) >= 11 is 0. The lowest BCUT2D eigenvalue weighted by Gasteiger charge is -2.24.